The minimum atomic E-state index is -0.450. The second-order valence-electron chi connectivity index (χ2n) is 3.19. The molecule has 1 fully saturated rings. The lowest BCUT2D eigenvalue weighted by Crippen LogP contribution is -2.30. The molecule has 82 valence electrons. The van der Waals surface area contributed by atoms with Crippen molar-refractivity contribution in [3.05, 3.63) is 0 Å². The molecule has 1 aliphatic heterocycles. The Kier molecular flexibility index (Phi) is 4.86. The van der Waals surface area contributed by atoms with Gasteiger partial charge < -0.3 is 10.0 Å². The van der Waals surface area contributed by atoms with Gasteiger partial charge in [-0.05, 0) is 13.3 Å². The van der Waals surface area contributed by atoms with Crippen LogP contribution in [-0.4, -0.2) is 48.3 Å². The van der Waals surface area contributed by atoms with Gasteiger partial charge in [0.2, 0.25) is 0 Å². The van der Waals surface area contributed by atoms with Gasteiger partial charge in [0.1, 0.15) is 0 Å². The van der Waals surface area contributed by atoms with Crippen LogP contribution < -0.4 is 0 Å². The van der Waals surface area contributed by atoms with Crippen LogP contribution in [0.25, 0.3) is 0 Å². The zero-order chi connectivity index (χ0) is 10.4. The van der Waals surface area contributed by atoms with E-state index in [0.717, 1.165) is 13.1 Å². The fraction of sp³-hybridized carbons (Fsp3) is 0.889. The van der Waals surface area contributed by atoms with E-state index in [-0.39, 0.29) is 12.5 Å². The molecule has 0 aromatic rings. The Balaban J connectivity index is 2.16. The first kappa shape index (κ1) is 11.4. The molecule has 1 saturated heterocycles. The average Bonchev–Trinajstić information content (AvgIpc) is 2.55. The summed E-state index contributed by atoms with van der Waals surface area (Å²) in [6, 6.07) is 0. The molecule has 0 bridgehead atoms. The molecule has 5 nitrogen and oxygen atoms in total. The highest BCUT2D eigenvalue weighted by atomic mass is 17.2. The van der Waals surface area contributed by atoms with E-state index in [4.69, 9.17) is 14.9 Å². The number of carbonyl (C=O) groups excluding carboxylic acids is 1. The molecule has 0 aromatic carbocycles. The van der Waals surface area contributed by atoms with E-state index in [2.05, 4.69) is 0 Å². The number of aliphatic hydroxyl groups is 1. The van der Waals surface area contributed by atoms with Gasteiger partial charge in [0.15, 0.2) is 6.10 Å². The number of hydrogen-bond acceptors (Lipinski definition) is 4. The molecular weight excluding hydrogens is 186 g/mol. The van der Waals surface area contributed by atoms with E-state index < -0.39 is 6.10 Å². The van der Waals surface area contributed by atoms with Crippen LogP contribution in [0, 0.1) is 0 Å². The first-order valence-corrected chi connectivity index (χ1v) is 4.97. The normalized spacial score (nSPS) is 22.0. The van der Waals surface area contributed by atoms with Gasteiger partial charge in [-0.1, -0.05) is 0 Å². The van der Waals surface area contributed by atoms with Crippen molar-refractivity contribution >= 4 is 5.91 Å². The van der Waals surface area contributed by atoms with Gasteiger partial charge in [0, 0.05) is 26.1 Å². The highest BCUT2D eigenvalue weighted by molar-refractivity contribution is 5.82. The molecule has 1 amide bonds. The van der Waals surface area contributed by atoms with E-state index in [1.54, 1.807) is 4.90 Å². The number of aliphatic hydroxyl groups excluding tert-OH is 1. The number of hydrogen-bond donors (Lipinski definition) is 1. The van der Waals surface area contributed by atoms with Gasteiger partial charge >= 0.3 is 0 Å². The van der Waals surface area contributed by atoms with Crippen LogP contribution in [-0.2, 0) is 14.6 Å². The monoisotopic (exact) mass is 203 g/mol. The summed E-state index contributed by atoms with van der Waals surface area (Å²) in [5, 5.41) is 8.48. The number of amides is 1. The smallest absolute Gasteiger partial charge is 0.255 e. The van der Waals surface area contributed by atoms with Crippen molar-refractivity contribution in [2.45, 2.75) is 25.9 Å². The Morgan fingerprint density at radius 3 is 3.00 bits per heavy atom. The van der Waals surface area contributed by atoms with Gasteiger partial charge in [0.25, 0.3) is 5.91 Å². The Morgan fingerprint density at radius 1 is 1.64 bits per heavy atom. The fourth-order valence-electron chi connectivity index (χ4n) is 1.37. The Morgan fingerprint density at radius 2 is 2.43 bits per heavy atom. The molecule has 0 radical (unpaired) electrons. The molecule has 0 aromatic heterocycles. The highest BCUT2D eigenvalue weighted by Crippen LogP contribution is 2.14. The van der Waals surface area contributed by atoms with Crippen LogP contribution in [0.15, 0.2) is 0 Å². The number of likely N-dealkylation sites (N-methyl/N-ethyl adjacent to an activating group) is 1. The molecule has 14 heavy (non-hydrogen) atoms. The Hall–Kier alpha value is -0.650. The standard InChI is InChI=1S/C9H17NO4/c1-2-10-5-4-8(9(10)12)14-13-7-3-6-11/h8,11H,2-7H2,1H3. The van der Waals surface area contributed by atoms with Gasteiger partial charge in [-0.25, -0.2) is 9.78 Å². The van der Waals surface area contributed by atoms with Crippen molar-refractivity contribution in [2.75, 3.05) is 26.3 Å². The maximum Gasteiger partial charge on any atom is 0.255 e. The van der Waals surface area contributed by atoms with Crippen LogP contribution in [0.1, 0.15) is 19.8 Å². The topological polar surface area (TPSA) is 59.0 Å². The number of likely N-dealkylation sites (tertiary alicyclic amines) is 1. The third-order valence-electron chi connectivity index (χ3n) is 2.20. The molecule has 1 unspecified atom stereocenters. The lowest BCUT2D eigenvalue weighted by atomic mass is 10.3. The van der Waals surface area contributed by atoms with E-state index in [9.17, 15) is 4.79 Å². The summed E-state index contributed by atoms with van der Waals surface area (Å²) < 4.78 is 0. The van der Waals surface area contributed by atoms with E-state index in [0.29, 0.717) is 19.4 Å². The SMILES string of the molecule is CCN1CCC(OOCCCO)C1=O. The summed E-state index contributed by atoms with van der Waals surface area (Å²) >= 11 is 0. The van der Waals surface area contributed by atoms with Gasteiger partial charge in [0.05, 0.1) is 6.61 Å². The van der Waals surface area contributed by atoms with E-state index in [1.807, 2.05) is 6.92 Å². The second-order valence-corrected chi connectivity index (χ2v) is 3.19. The van der Waals surface area contributed by atoms with Crippen LogP contribution in [0.5, 0.6) is 0 Å². The van der Waals surface area contributed by atoms with Gasteiger partial charge in [-0.2, -0.15) is 0 Å². The molecule has 1 atom stereocenters. The van der Waals surface area contributed by atoms with E-state index >= 15 is 0 Å². The lowest BCUT2D eigenvalue weighted by Gasteiger charge is -2.13. The van der Waals surface area contributed by atoms with E-state index in [1.165, 1.54) is 0 Å². The molecule has 1 rings (SSSR count). The predicted octanol–water partition coefficient (Wildman–Crippen LogP) is -0.0622. The maximum absolute atomic E-state index is 11.5. The minimum Gasteiger partial charge on any atom is -0.396 e. The molecule has 1 N–H and O–H groups in total. The van der Waals surface area contributed by atoms with Crippen LogP contribution in [0.2, 0.25) is 0 Å². The van der Waals surface area contributed by atoms with Crippen molar-refractivity contribution in [1.29, 1.82) is 0 Å². The van der Waals surface area contributed by atoms with Crippen molar-refractivity contribution in [3.8, 4) is 0 Å². The van der Waals surface area contributed by atoms with Crippen molar-refractivity contribution in [3.63, 3.8) is 0 Å². The van der Waals surface area contributed by atoms with Gasteiger partial charge in [-0.3, -0.25) is 4.79 Å². The third kappa shape index (κ3) is 2.94. The Bertz CT molecular complexity index is 186. The van der Waals surface area contributed by atoms with Gasteiger partial charge in [-0.15, -0.1) is 0 Å². The third-order valence-corrected chi connectivity index (χ3v) is 2.20. The number of carbonyl (C=O) groups is 1. The molecule has 0 spiro atoms. The molecule has 0 saturated carbocycles. The summed E-state index contributed by atoms with van der Waals surface area (Å²) in [7, 11) is 0. The van der Waals surface area contributed by atoms with Crippen molar-refractivity contribution < 1.29 is 19.7 Å². The first-order chi connectivity index (χ1) is 6.79. The molecular formula is C9H17NO4. The lowest BCUT2D eigenvalue weighted by molar-refractivity contribution is -0.315. The maximum atomic E-state index is 11.5. The van der Waals surface area contributed by atoms with Crippen molar-refractivity contribution in [1.82, 2.24) is 4.90 Å². The van der Waals surface area contributed by atoms with Crippen LogP contribution in [0.4, 0.5) is 0 Å². The zero-order valence-corrected chi connectivity index (χ0v) is 8.44. The molecule has 1 aliphatic rings. The van der Waals surface area contributed by atoms with Crippen molar-refractivity contribution in [2.24, 2.45) is 0 Å². The number of nitrogens with zero attached hydrogens (tertiary/aromatic N) is 1. The average molecular weight is 203 g/mol. The molecule has 5 heteroatoms. The van der Waals surface area contributed by atoms with Crippen LogP contribution >= 0.6 is 0 Å². The molecule has 1 heterocycles. The summed E-state index contributed by atoms with van der Waals surface area (Å²) in [5.41, 5.74) is 0. The largest absolute Gasteiger partial charge is 0.396 e. The summed E-state index contributed by atoms with van der Waals surface area (Å²) in [6.07, 6.45) is 0.762. The summed E-state index contributed by atoms with van der Waals surface area (Å²) in [4.78, 5) is 23.0. The highest BCUT2D eigenvalue weighted by Gasteiger charge is 2.32. The zero-order valence-electron chi connectivity index (χ0n) is 8.44. The second kappa shape index (κ2) is 5.95. The quantitative estimate of drug-likeness (QED) is 0.373. The Labute approximate surface area is 83.5 Å². The first-order valence-electron chi connectivity index (χ1n) is 4.97. The summed E-state index contributed by atoms with van der Waals surface area (Å²) in [5.74, 6) is -0.00324. The fourth-order valence-corrected chi connectivity index (χ4v) is 1.37. The summed E-state index contributed by atoms with van der Waals surface area (Å²) in [6.45, 7) is 3.79. The van der Waals surface area contributed by atoms with Crippen LogP contribution in [0.3, 0.4) is 0 Å². The molecule has 0 aliphatic carbocycles. The number of rotatable bonds is 6. The minimum absolute atomic E-state index is 0.00324. The predicted molar refractivity (Wildman–Crippen MR) is 49.4 cm³/mol.